The van der Waals surface area contributed by atoms with Crippen molar-refractivity contribution in [2.45, 2.75) is 6.92 Å². The number of nitrogens with two attached hydrogens (primary N) is 1. The number of aryl methyl sites for hydroxylation is 1. The van der Waals surface area contributed by atoms with Crippen LogP contribution in [0.1, 0.15) is 16.8 Å². The van der Waals surface area contributed by atoms with E-state index in [1.165, 1.54) is 0 Å². The van der Waals surface area contributed by atoms with Gasteiger partial charge in [0, 0.05) is 35.9 Å². The molecule has 3 heterocycles. The molecule has 5 heteroatoms. The molecule has 3 aromatic rings. The molecule has 0 aliphatic carbocycles. The van der Waals surface area contributed by atoms with Gasteiger partial charge in [0.25, 0.3) is 0 Å². The lowest BCUT2D eigenvalue weighted by Crippen LogP contribution is -2.03. The van der Waals surface area contributed by atoms with Crippen molar-refractivity contribution in [3.05, 3.63) is 65.9 Å². The molecule has 22 heavy (non-hydrogen) atoms. The number of nitrogens with zero attached hydrogens (tertiary/aromatic N) is 4. The molecule has 0 unspecified atom stereocenters. The number of anilines is 1. The van der Waals surface area contributed by atoms with E-state index in [2.05, 4.69) is 31.8 Å². The summed E-state index contributed by atoms with van der Waals surface area (Å²) in [6.07, 6.45) is 6.87. The number of nitrogen functional groups attached to an aromatic ring is 1. The second-order valence-electron chi connectivity index (χ2n) is 4.62. The Balaban J connectivity index is 2.14. The van der Waals surface area contributed by atoms with Crippen LogP contribution >= 0.6 is 0 Å². The van der Waals surface area contributed by atoms with Gasteiger partial charge in [-0.1, -0.05) is 11.8 Å². The number of hydrogen-bond donors (Lipinski definition) is 1. The molecule has 0 bridgehead atoms. The third kappa shape index (κ3) is 2.91. The molecular formula is C17H13N5. The summed E-state index contributed by atoms with van der Waals surface area (Å²) in [4.78, 5) is 16.7. The Hall–Kier alpha value is -3.26. The van der Waals surface area contributed by atoms with Crippen LogP contribution in [0.5, 0.6) is 0 Å². The van der Waals surface area contributed by atoms with E-state index in [-0.39, 0.29) is 5.95 Å². The fraction of sp³-hybridized carbons (Fsp3) is 0.0588. The zero-order chi connectivity index (χ0) is 15.4. The summed E-state index contributed by atoms with van der Waals surface area (Å²) >= 11 is 0. The van der Waals surface area contributed by atoms with Gasteiger partial charge >= 0.3 is 0 Å². The van der Waals surface area contributed by atoms with Gasteiger partial charge in [-0.25, -0.2) is 9.97 Å². The minimum atomic E-state index is 0.225. The van der Waals surface area contributed by atoms with E-state index >= 15 is 0 Å². The van der Waals surface area contributed by atoms with E-state index in [0.717, 1.165) is 22.4 Å². The smallest absolute Gasteiger partial charge is 0.220 e. The first-order valence-electron chi connectivity index (χ1n) is 6.70. The average molecular weight is 287 g/mol. The van der Waals surface area contributed by atoms with Crippen LogP contribution in [0.2, 0.25) is 0 Å². The van der Waals surface area contributed by atoms with E-state index < -0.39 is 0 Å². The Kier molecular flexibility index (Phi) is 3.75. The average Bonchev–Trinajstić information content (AvgIpc) is 2.55. The molecule has 0 aliphatic rings. The second-order valence-corrected chi connectivity index (χ2v) is 4.62. The molecule has 3 rings (SSSR count). The fourth-order valence-electron chi connectivity index (χ4n) is 2.03. The molecule has 0 fully saturated rings. The van der Waals surface area contributed by atoms with E-state index in [9.17, 15) is 0 Å². The molecule has 0 atom stereocenters. The molecule has 106 valence electrons. The van der Waals surface area contributed by atoms with Crippen molar-refractivity contribution in [1.29, 1.82) is 0 Å². The SMILES string of the molecule is Cc1nc(N)nc(-c2cccnc2)c1C#Cc1cccnc1. The molecule has 5 nitrogen and oxygen atoms in total. The Bertz CT molecular complexity index is 849. The third-order valence-electron chi connectivity index (χ3n) is 3.04. The van der Waals surface area contributed by atoms with Crippen molar-refractivity contribution in [2.75, 3.05) is 5.73 Å². The summed E-state index contributed by atoms with van der Waals surface area (Å²) in [7, 11) is 0. The Morgan fingerprint density at radius 2 is 1.73 bits per heavy atom. The highest BCUT2D eigenvalue weighted by Crippen LogP contribution is 2.22. The molecule has 0 saturated carbocycles. The Labute approximate surface area is 128 Å². The monoisotopic (exact) mass is 287 g/mol. The minimum Gasteiger partial charge on any atom is -0.368 e. The second kappa shape index (κ2) is 6.02. The third-order valence-corrected chi connectivity index (χ3v) is 3.04. The van der Waals surface area contributed by atoms with Crippen molar-refractivity contribution in [1.82, 2.24) is 19.9 Å². The Morgan fingerprint density at radius 3 is 2.41 bits per heavy atom. The largest absolute Gasteiger partial charge is 0.368 e. The van der Waals surface area contributed by atoms with E-state index in [4.69, 9.17) is 5.73 Å². The zero-order valence-corrected chi connectivity index (χ0v) is 12.0. The van der Waals surface area contributed by atoms with Gasteiger partial charge in [-0.15, -0.1) is 0 Å². The van der Waals surface area contributed by atoms with E-state index in [1.54, 1.807) is 24.8 Å². The van der Waals surface area contributed by atoms with Gasteiger partial charge in [-0.2, -0.15) is 0 Å². The fourth-order valence-corrected chi connectivity index (χ4v) is 2.03. The van der Waals surface area contributed by atoms with Crippen LogP contribution < -0.4 is 5.73 Å². The topological polar surface area (TPSA) is 77.6 Å². The summed E-state index contributed by atoms with van der Waals surface area (Å²) in [6.45, 7) is 1.87. The van der Waals surface area contributed by atoms with Crippen LogP contribution in [0.4, 0.5) is 5.95 Å². The normalized spacial score (nSPS) is 9.86. The van der Waals surface area contributed by atoms with Crippen LogP contribution in [0, 0.1) is 18.8 Å². The zero-order valence-electron chi connectivity index (χ0n) is 12.0. The highest BCUT2D eigenvalue weighted by molar-refractivity contribution is 5.69. The van der Waals surface area contributed by atoms with Crippen molar-refractivity contribution in [3.8, 4) is 23.1 Å². The van der Waals surface area contributed by atoms with Crippen LogP contribution in [0.25, 0.3) is 11.3 Å². The van der Waals surface area contributed by atoms with Crippen LogP contribution in [0.15, 0.2) is 49.1 Å². The molecular weight excluding hydrogens is 274 g/mol. The number of hydrogen-bond acceptors (Lipinski definition) is 5. The first kappa shape index (κ1) is 13.7. The van der Waals surface area contributed by atoms with Crippen LogP contribution in [-0.4, -0.2) is 19.9 Å². The van der Waals surface area contributed by atoms with E-state index in [1.807, 2.05) is 31.2 Å². The maximum absolute atomic E-state index is 5.77. The molecule has 2 N–H and O–H groups in total. The standard InChI is InChI=1S/C17H13N5/c1-12-15(7-6-13-4-2-8-19-10-13)16(22-17(18)21-12)14-5-3-9-20-11-14/h2-5,8-11H,1H3,(H2,18,21,22). The summed E-state index contributed by atoms with van der Waals surface area (Å²) in [5.74, 6) is 6.43. The summed E-state index contributed by atoms with van der Waals surface area (Å²) in [5, 5.41) is 0. The van der Waals surface area contributed by atoms with Gasteiger partial charge in [0.05, 0.1) is 17.0 Å². The molecule has 0 saturated heterocycles. The molecule has 0 radical (unpaired) electrons. The van der Waals surface area contributed by atoms with Crippen LogP contribution in [0.3, 0.4) is 0 Å². The predicted molar refractivity (Wildman–Crippen MR) is 84.6 cm³/mol. The predicted octanol–water partition coefficient (Wildman–Crippen LogP) is 2.22. The summed E-state index contributed by atoms with van der Waals surface area (Å²) in [6, 6.07) is 7.51. The highest BCUT2D eigenvalue weighted by Gasteiger charge is 2.11. The van der Waals surface area contributed by atoms with Crippen LogP contribution in [-0.2, 0) is 0 Å². The van der Waals surface area contributed by atoms with Gasteiger partial charge in [0.1, 0.15) is 0 Å². The van der Waals surface area contributed by atoms with Crippen molar-refractivity contribution in [3.63, 3.8) is 0 Å². The lowest BCUT2D eigenvalue weighted by atomic mass is 10.1. The summed E-state index contributed by atoms with van der Waals surface area (Å²) in [5.41, 5.74) is 9.63. The summed E-state index contributed by atoms with van der Waals surface area (Å²) < 4.78 is 0. The molecule has 0 aliphatic heterocycles. The quantitative estimate of drug-likeness (QED) is 0.694. The van der Waals surface area contributed by atoms with Gasteiger partial charge in [0.2, 0.25) is 5.95 Å². The van der Waals surface area contributed by atoms with Crippen molar-refractivity contribution >= 4 is 5.95 Å². The van der Waals surface area contributed by atoms with Gasteiger partial charge < -0.3 is 5.73 Å². The first-order chi connectivity index (χ1) is 10.7. The molecule has 0 amide bonds. The van der Waals surface area contributed by atoms with Gasteiger partial charge in [-0.05, 0) is 31.2 Å². The number of aromatic nitrogens is 4. The minimum absolute atomic E-state index is 0.225. The maximum Gasteiger partial charge on any atom is 0.220 e. The van der Waals surface area contributed by atoms with E-state index in [0.29, 0.717) is 5.69 Å². The number of rotatable bonds is 1. The molecule has 0 aromatic carbocycles. The lowest BCUT2D eigenvalue weighted by Gasteiger charge is -2.07. The number of pyridine rings is 2. The van der Waals surface area contributed by atoms with Gasteiger partial charge in [-0.3, -0.25) is 9.97 Å². The molecule has 0 spiro atoms. The first-order valence-corrected chi connectivity index (χ1v) is 6.70. The van der Waals surface area contributed by atoms with Crippen molar-refractivity contribution in [2.24, 2.45) is 0 Å². The van der Waals surface area contributed by atoms with Crippen molar-refractivity contribution < 1.29 is 0 Å². The lowest BCUT2D eigenvalue weighted by molar-refractivity contribution is 1.11. The molecule has 3 aromatic heterocycles. The van der Waals surface area contributed by atoms with Gasteiger partial charge in [0.15, 0.2) is 0 Å². The highest BCUT2D eigenvalue weighted by atomic mass is 15.0. The Morgan fingerprint density at radius 1 is 0.955 bits per heavy atom. The maximum atomic E-state index is 5.77.